The summed E-state index contributed by atoms with van der Waals surface area (Å²) in [6.45, 7) is 10.7. The topological polar surface area (TPSA) is 183 Å². The number of likely N-dealkylation sites (N-methyl/N-ethyl adjacent to an activating group) is 1. The lowest BCUT2D eigenvalue weighted by Crippen LogP contribution is -2.60. The Kier molecular flexibility index (Phi) is 12.7. The largest absolute Gasteiger partial charge is 0.444 e. The Labute approximate surface area is 306 Å². The van der Waals surface area contributed by atoms with Gasteiger partial charge in [0.05, 0.1) is 12.6 Å². The van der Waals surface area contributed by atoms with Crippen LogP contribution in [0.1, 0.15) is 91.7 Å². The minimum atomic E-state index is -1.21. The van der Waals surface area contributed by atoms with E-state index in [-0.39, 0.29) is 41.4 Å². The number of piperidine rings is 1. The molecule has 1 saturated heterocycles. The molecule has 1 aromatic carbocycles. The van der Waals surface area contributed by atoms with Gasteiger partial charge in [0.1, 0.15) is 23.7 Å². The normalized spacial score (nSPS) is 22.5. The molecular weight excluding hydrogens is 668 g/mol. The van der Waals surface area contributed by atoms with Crippen molar-refractivity contribution in [1.29, 1.82) is 0 Å². The van der Waals surface area contributed by atoms with Crippen molar-refractivity contribution >= 4 is 41.4 Å². The molecule has 6 unspecified atom stereocenters. The molecular formula is C38H56N6O8. The Morgan fingerprint density at radius 2 is 1.58 bits per heavy atom. The summed E-state index contributed by atoms with van der Waals surface area (Å²) in [5.74, 6) is -4.21. The van der Waals surface area contributed by atoms with Gasteiger partial charge >= 0.3 is 6.09 Å². The molecule has 14 nitrogen and oxygen atoms in total. The molecule has 6 amide bonds. The van der Waals surface area contributed by atoms with Crippen LogP contribution >= 0.6 is 0 Å². The number of carbonyl (C=O) groups is 7. The highest BCUT2D eigenvalue weighted by molar-refractivity contribution is 6.38. The zero-order valence-electron chi connectivity index (χ0n) is 31.7. The molecule has 4 rings (SSSR count). The first-order valence-electron chi connectivity index (χ1n) is 18.3. The molecule has 0 bridgehead atoms. The van der Waals surface area contributed by atoms with Crippen LogP contribution in [0.3, 0.4) is 0 Å². The van der Waals surface area contributed by atoms with E-state index in [0.717, 1.165) is 32.1 Å². The second-order valence-electron chi connectivity index (χ2n) is 16.1. The zero-order chi connectivity index (χ0) is 38.5. The average Bonchev–Trinajstić information content (AvgIpc) is 3.39. The summed E-state index contributed by atoms with van der Waals surface area (Å²) in [7, 11) is 3.12. The maximum absolute atomic E-state index is 14.3. The van der Waals surface area contributed by atoms with E-state index >= 15 is 0 Å². The van der Waals surface area contributed by atoms with Gasteiger partial charge in [-0.25, -0.2) is 4.79 Å². The van der Waals surface area contributed by atoms with E-state index in [1.54, 1.807) is 72.1 Å². The average molecular weight is 725 g/mol. The Morgan fingerprint density at radius 1 is 0.942 bits per heavy atom. The van der Waals surface area contributed by atoms with E-state index in [2.05, 4.69) is 21.3 Å². The minimum Gasteiger partial charge on any atom is -0.444 e. The number of ether oxygens (including phenoxy) is 1. The molecule has 2 aliphatic carbocycles. The van der Waals surface area contributed by atoms with Crippen LogP contribution in [0.25, 0.3) is 0 Å². The van der Waals surface area contributed by atoms with Gasteiger partial charge in [0, 0.05) is 20.6 Å². The Bertz CT molecular complexity index is 1520. The number of carbonyl (C=O) groups excluding carboxylic acids is 7. The third kappa shape index (κ3) is 9.48. The van der Waals surface area contributed by atoms with Crippen LogP contribution in [0.5, 0.6) is 0 Å². The number of ketones is 1. The summed E-state index contributed by atoms with van der Waals surface area (Å²) in [6.07, 6.45) is 3.81. The predicted octanol–water partition coefficient (Wildman–Crippen LogP) is 2.47. The number of likely N-dealkylation sites (tertiary alicyclic amines) is 1. The van der Waals surface area contributed by atoms with Crippen LogP contribution in [0.15, 0.2) is 30.3 Å². The van der Waals surface area contributed by atoms with E-state index in [9.17, 15) is 33.6 Å². The van der Waals surface area contributed by atoms with Gasteiger partial charge in [0.2, 0.25) is 29.4 Å². The minimum absolute atomic E-state index is 0.0532. The number of hydrogen-bond donors (Lipinski definition) is 4. The van der Waals surface area contributed by atoms with Gasteiger partial charge in [0.15, 0.2) is 0 Å². The molecule has 0 radical (unpaired) electrons. The smallest absolute Gasteiger partial charge is 0.408 e. The number of amides is 6. The highest BCUT2D eigenvalue weighted by Crippen LogP contribution is 2.65. The molecule has 286 valence electrons. The summed E-state index contributed by atoms with van der Waals surface area (Å²) in [4.78, 5) is 96.0. The Morgan fingerprint density at radius 3 is 2.15 bits per heavy atom. The number of hydrogen-bond acceptors (Lipinski definition) is 8. The van der Waals surface area contributed by atoms with Gasteiger partial charge in [-0.2, -0.15) is 0 Å². The third-order valence-electron chi connectivity index (χ3n) is 10.6. The maximum atomic E-state index is 14.3. The van der Waals surface area contributed by atoms with Crippen LogP contribution in [-0.4, -0.2) is 102 Å². The number of rotatable bonds is 13. The van der Waals surface area contributed by atoms with Crippen molar-refractivity contribution in [1.82, 2.24) is 31.1 Å². The van der Waals surface area contributed by atoms with Gasteiger partial charge < -0.3 is 35.8 Å². The third-order valence-corrected chi connectivity index (χ3v) is 10.6. The lowest BCUT2D eigenvalue weighted by atomic mass is 9.83. The number of benzene rings is 1. The second-order valence-corrected chi connectivity index (χ2v) is 16.1. The predicted molar refractivity (Wildman–Crippen MR) is 192 cm³/mol. The number of nitrogens with zero attached hydrogens (tertiary/aromatic N) is 2. The highest BCUT2D eigenvalue weighted by Gasteiger charge is 2.69. The first-order chi connectivity index (χ1) is 24.4. The molecule has 3 fully saturated rings. The molecule has 52 heavy (non-hydrogen) atoms. The fraction of sp³-hybridized carbons (Fsp3) is 0.658. The SMILES string of the molecule is CCC(NC(=O)C1C2C(CN1C(=O)C(NC(=O)OC(C)(C)C)C1CCCCC1)C2(C)C)C(=O)C(=O)NCC(=O)NC(C(=O)N(C)C)c1ccccc1. The molecule has 0 spiro atoms. The summed E-state index contributed by atoms with van der Waals surface area (Å²) < 4.78 is 5.50. The molecule has 4 N–H and O–H groups in total. The summed E-state index contributed by atoms with van der Waals surface area (Å²) in [5.41, 5.74) is -0.434. The monoisotopic (exact) mass is 724 g/mol. The zero-order valence-corrected chi connectivity index (χ0v) is 31.7. The Hall–Kier alpha value is -4.49. The van der Waals surface area contributed by atoms with E-state index in [1.807, 2.05) is 13.8 Å². The molecule has 1 aromatic rings. The van der Waals surface area contributed by atoms with Crippen LogP contribution in [-0.2, 0) is 33.5 Å². The molecule has 2 saturated carbocycles. The maximum Gasteiger partial charge on any atom is 0.408 e. The molecule has 6 atom stereocenters. The van der Waals surface area contributed by atoms with E-state index in [4.69, 9.17) is 4.74 Å². The van der Waals surface area contributed by atoms with Crippen LogP contribution in [0, 0.1) is 23.2 Å². The van der Waals surface area contributed by atoms with Gasteiger partial charge in [-0.3, -0.25) is 28.8 Å². The highest BCUT2D eigenvalue weighted by atomic mass is 16.6. The van der Waals surface area contributed by atoms with Crippen molar-refractivity contribution in [3.05, 3.63) is 35.9 Å². The van der Waals surface area contributed by atoms with Crippen LogP contribution in [0.2, 0.25) is 0 Å². The van der Waals surface area contributed by atoms with E-state index < -0.39 is 65.9 Å². The quantitative estimate of drug-likeness (QED) is 0.224. The fourth-order valence-electron chi connectivity index (χ4n) is 7.69. The molecule has 0 aromatic heterocycles. The van der Waals surface area contributed by atoms with Crippen molar-refractivity contribution in [2.75, 3.05) is 27.2 Å². The van der Waals surface area contributed by atoms with Crippen molar-refractivity contribution in [2.24, 2.45) is 23.2 Å². The van der Waals surface area contributed by atoms with E-state index in [1.165, 1.54) is 9.80 Å². The summed E-state index contributed by atoms with van der Waals surface area (Å²) in [6, 6.07) is 4.65. The molecule has 1 aliphatic heterocycles. The van der Waals surface area contributed by atoms with E-state index in [0.29, 0.717) is 12.1 Å². The van der Waals surface area contributed by atoms with Crippen molar-refractivity contribution in [2.45, 2.75) is 110 Å². The molecule has 1 heterocycles. The summed E-state index contributed by atoms with van der Waals surface area (Å²) >= 11 is 0. The fourth-order valence-corrected chi connectivity index (χ4v) is 7.69. The van der Waals surface area contributed by atoms with Crippen LogP contribution in [0.4, 0.5) is 4.79 Å². The Balaban J connectivity index is 1.43. The lowest BCUT2D eigenvalue weighted by molar-refractivity contribution is -0.145. The van der Waals surface area contributed by atoms with Crippen molar-refractivity contribution < 1.29 is 38.3 Å². The number of alkyl carbamates (subject to hydrolysis) is 1. The van der Waals surface area contributed by atoms with Crippen molar-refractivity contribution in [3.8, 4) is 0 Å². The second kappa shape index (κ2) is 16.5. The number of fused-ring (bicyclic) bond motifs is 1. The number of nitrogens with one attached hydrogen (secondary N) is 4. The van der Waals surface area contributed by atoms with Gasteiger partial charge in [-0.1, -0.05) is 70.4 Å². The van der Waals surface area contributed by atoms with Crippen LogP contribution < -0.4 is 21.3 Å². The first-order valence-corrected chi connectivity index (χ1v) is 18.3. The van der Waals surface area contributed by atoms with Gasteiger partial charge in [-0.05, 0) is 68.8 Å². The molecule has 14 heteroatoms. The first kappa shape index (κ1) is 40.3. The number of Topliss-reactive ketones (excluding diaryl/α,β-unsaturated/α-hetero) is 1. The molecule has 3 aliphatic rings. The standard InChI is InChI=1S/C38H56N6O8/c1-9-25(31(46)33(48)39-20-26(45)41-28(34(49)43(7)8)22-16-12-10-13-17-22)40-32(47)30-27-24(38(27,5)6)21-44(30)35(50)29(23-18-14-11-15-19-23)42-36(51)52-37(2,3)4/h10,12-13,16-17,23-25,27-30H,9,11,14-15,18-21H2,1-8H3,(H,39,48)(H,40,47)(H,41,45)(H,42,51). The lowest BCUT2D eigenvalue weighted by Gasteiger charge is -2.37. The van der Waals surface area contributed by atoms with Gasteiger partial charge in [-0.15, -0.1) is 0 Å². The van der Waals surface area contributed by atoms with Gasteiger partial charge in [0.25, 0.3) is 5.91 Å². The van der Waals surface area contributed by atoms with Crippen molar-refractivity contribution in [3.63, 3.8) is 0 Å². The summed E-state index contributed by atoms with van der Waals surface area (Å²) in [5, 5.41) is 10.5.